The van der Waals surface area contributed by atoms with E-state index in [1.165, 1.54) is 0 Å². The van der Waals surface area contributed by atoms with E-state index in [0.717, 1.165) is 6.61 Å². The van der Waals surface area contributed by atoms with Crippen LogP contribution in [0.4, 0.5) is 4.39 Å². The molecule has 0 amide bonds. The molecule has 2 atom stereocenters. The Balaban J connectivity index is 2.23. The summed E-state index contributed by atoms with van der Waals surface area (Å²) >= 11 is 0. The Bertz CT molecular complexity index is 121. The van der Waals surface area contributed by atoms with Crippen LogP contribution in [-0.4, -0.2) is 43.9 Å². The molecule has 1 rings (SSSR count). The maximum atomic E-state index is 12.8. The Morgan fingerprint density at radius 3 is 2.82 bits per heavy atom. The zero-order chi connectivity index (χ0) is 8.27. The van der Waals surface area contributed by atoms with Gasteiger partial charge in [0.15, 0.2) is 0 Å². The normalized spacial score (nSPS) is 33.0. The number of likely N-dealkylation sites (N-methyl/N-ethyl adjacent to an activating group) is 1. The van der Waals surface area contributed by atoms with E-state index in [1.54, 1.807) is 0 Å². The SMILES string of the molecule is CCOC[C@@H]1C[C@@H](F)CN1C. The molecule has 3 heteroatoms. The van der Waals surface area contributed by atoms with Gasteiger partial charge in [0.25, 0.3) is 0 Å². The fraction of sp³-hybridized carbons (Fsp3) is 1.00. The molecule has 1 saturated heterocycles. The minimum Gasteiger partial charge on any atom is -0.380 e. The van der Waals surface area contributed by atoms with Crippen molar-refractivity contribution < 1.29 is 9.13 Å². The number of ether oxygens (including phenoxy) is 1. The first-order valence-corrected chi connectivity index (χ1v) is 4.16. The van der Waals surface area contributed by atoms with Gasteiger partial charge in [0.2, 0.25) is 0 Å². The molecule has 0 aromatic heterocycles. The number of rotatable bonds is 3. The smallest absolute Gasteiger partial charge is 0.114 e. The van der Waals surface area contributed by atoms with E-state index in [-0.39, 0.29) is 0 Å². The fourth-order valence-electron chi connectivity index (χ4n) is 1.46. The predicted octanol–water partition coefficient (Wildman–Crippen LogP) is 1.07. The van der Waals surface area contributed by atoms with Crippen molar-refractivity contribution >= 4 is 0 Å². The first-order valence-electron chi connectivity index (χ1n) is 4.16. The Kier molecular flexibility index (Phi) is 3.27. The average molecular weight is 161 g/mol. The highest BCUT2D eigenvalue weighted by atomic mass is 19.1. The number of likely N-dealkylation sites (tertiary alicyclic amines) is 1. The molecule has 1 fully saturated rings. The lowest BCUT2D eigenvalue weighted by atomic mass is 10.2. The first kappa shape index (κ1) is 8.94. The van der Waals surface area contributed by atoms with Crippen molar-refractivity contribution in [3.8, 4) is 0 Å². The van der Waals surface area contributed by atoms with Gasteiger partial charge >= 0.3 is 0 Å². The van der Waals surface area contributed by atoms with Gasteiger partial charge in [-0.15, -0.1) is 0 Å². The van der Waals surface area contributed by atoms with Gasteiger partial charge in [0, 0.05) is 19.2 Å². The topological polar surface area (TPSA) is 12.5 Å². The first-order chi connectivity index (χ1) is 5.24. The highest BCUT2D eigenvalue weighted by Crippen LogP contribution is 2.18. The van der Waals surface area contributed by atoms with E-state index in [2.05, 4.69) is 0 Å². The third kappa shape index (κ3) is 2.42. The minimum atomic E-state index is -0.648. The molecule has 2 nitrogen and oxygen atoms in total. The van der Waals surface area contributed by atoms with Crippen LogP contribution in [-0.2, 0) is 4.74 Å². The molecule has 1 aliphatic heterocycles. The Labute approximate surface area is 67.3 Å². The summed E-state index contributed by atoms with van der Waals surface area (Å²) in [5.41, 5.74) is 0. The molecule has 0 aromatic rings. The summed E-state index contributed by atoms with van der Waals surface area (Å²) in [6.45, 7) is 3.92. The quantitative estimate of drug-likeness (QED) is 0.613. The van der Waals surface area contributed by atoms with Gasteiger partial charge in [-0.05, 0) is 20.4 Å². The monoisotopic (exact) mass is 161 g/mol. The van der Waals surface area contributed by atoms with Crippen LogP contribution in [0.25, 0.3) is 0 Å². The molecule has 0 unspecified atom stereocenters. The lowest BCUT2D eigenvalue weighted by Gasteiger charge is -2.17. The van der Waals surface area contributed by atoms with Crippen molar-refractivity contribution in [1.29, 1.82) is 0 Å². The third-order valence-electron chi connectivity index (χ3n) is 2.15. The highest BCUT2D eigenvalue weighted by Gasteiger charge is 2.28. The molecule has 1 aliphatic rings. The van der Waals surface area contributed by atoms with Crippen molar-refractivity contribution in [2.24, 2.45) is 0 Å². The fourth-order valence-corrected chi connectivity index (χ4v) is 1.46. The Morgan fingerprint density at radius 1 is 1.64 bits per heavy atom. The van der Waals surface area contributed by atoms with E-state index in [1.807, 2.05) is 18.9 Å². The van der Waals surface area contributed by atoms with E-state index in [9.17, 15) is 4.39 Å². The molecular weight excluding hydrogens is 145 g/mol. The number of hydrogen-bond donors (Lipinski definition) is 0. The van der Waals surface area contributed by atoms with Crippen LogP contribution in [0.15, 0.2) is 0 Å². The van der Waals surface area contributed by atoms with Crippen LogP contribution >= 0.6 is 0 Å². The van der Waals surface area contributed by atoms with E-state index in [0.29, 0.717) is 25.6 Å². The molecule has 66 valence electrons. The molecule has 0 radical (unpaired) electrons. The Hall–Kier alpha value is -0.150. The number of alkyl halides is 1. The summed E-state index contributed by atoms with van der Waals surface area (Å²) in [6, 6.07) is 0.296. The van der Waals surface area contributed by atoms with Crippen LogP contribution in [0, 0.1) is 0 Å². The summed E-state index contributed by atoms with van der Waals surface area (Å²) < 4.78 is 18.0. The molecule has 0 aliphatic carbocycles. The maximum Gasteiger partial charge on any atom is 0.114 e. The number of nitrogens with zero attached hydrogens (tertiary/aromatic N) is 1. The van der Waals surface area contributed by atoms with Crippen LogP contribution < -0.4 is 0 Å². The lowest BCUT2D eigenvalue weighted by Crippen LogP contribution is -2.29. The molecule has 0 saturated carbocycles. The molecule has 0 N–H and O–H groups in total. The average Bonchev–Trinajstić information content (AvgIpc) is 2.26. The van der Waals surface area contributed by atoms with Crippen LogP contribution in [0.1, 0.15) is 13.3 Å². The van der Waals surface area contributed by atoms with E-state index in [4.69, 9.17) is 4.74 Å². The van der Waals surface area contributed by atoms with Crippen molar-refractivity contribution in [1.82, 2.24) is 4.90 Å². The van der Waals surface area contributed by atoms with Crippen LogP contribution in [0.3, 0.4) is 0 Å². The molecule has 1 heterocycles. The van der Waals surface area contributed by atoms with E-state index >= 15 is 0 Å². The highest BCUT2D eigenvalue weighted by molar-refractivity contribution is 4.82. The lowest BCUT2D eigenvalue weighted by molar-refractivity contribution is 0.0949. The van der Waals surface area contributed by atoms with Crippen LogP contribution in [0.5, 0.6) is 0 Å². The summed E-state index contributed by atoms with van der Waals surface area (Å²) in [7, 11) is 1.95. The van der Waals surface area contributed by atoms with Gasteiger partial charge in [-0.3, -0.25) is 4.90 Å². The molecule has 0 bridgehead atoms. The van der Waals surface area contributed by atoms with Gasteiger partial charge in [-0.25, -0.2) is 4.39 Å². The standard InChI is InChI=1S/C8H16FNO/c1-3-11-6-8-4-7(9)5-10(8)2/h7-8H,3-6H2,1-2H3/t7-,8+/m1/s1. The molecule has 0 aromatic carbocycles. The maximum absolute atomic E-state index is 12.8. The largest absolute Gasteiger partial charge is 0.380 e. The summed E-state index contributed by atoms with van der Waals surface area (Å²) in [4.78, 5) is 2.03. The van der Waals surface area contributed by atoms with Crippen molar-refractivity contribution in [2.45, 2.75) is 25.6 Å². The van der Waals surface area contributed by atoms with Gasteiger partial charge in [0.05, 0.1) is 6.61 Å². The summed E-state index contributed by atoms with van der Waals surface area (Å²) in [6.07, 6.45) is -0.0123. The van der Waals surface area contributed by atoms with Gasteiger partial charge in [-0.1, -0.05) is 0 Å². The number of hydrogen-bond acceptors (Lipinski definition) is 2. The van der Waals surface area contributed by atoms with Crippen LogP contribution in [0.2, 0.25) is 0 Å². The van der Waals surface area contributed by atoms with E-state index < -0.39 is 6.17 Å². The van der Waals surface area contributed by atoms with Crippen molar-refractivity contribution in [2.75, 3.05) is 26.8 Å². The number of halogens is 1. The molecule has 0 spiro atoms. The summed E-state index contributed by atoms with van der Waals surface area (Å²) in [5, 5.41) is 0. The van der Waals surface area contributed by atoms with Gasteiger partial charge in [-0.2, -0.15) is 0 Å². The second kappa shape index (κ2) is 4.02. The van der Waals surface area contributed by atoms with Crippen molar-refractivity contribution in [3.63, 3.8) is 0 Å². The van der Waals surface area contributed by atoms with Gasteiger partial charge < -0.3 is 4.74 Å². The Morgan fingerprint density at radius 2 is 2.36 bits per heavy atom. The predicted molar refractivity (Wildman–Crippen MR) is 42.4 cm³/mol. The summed E-state index contributed by atoms with van der Waals surface area (Å²) in [5.74, 6) is 0. The zero-order valence-corrected chi connectivity index (χ0v) is 7.22. The zero-order valence-electron chi connectivity index (χ0n) is 7.22. The second-order valence-corrected chi connectivity index (χ2v) is 3.09. The second-order valence-electron chi connectivity index (χ2n) is 3.09. The van der Waals surface area contributed by atoms with Gasteiger partial charge in [0.1, 0.15) is 6.17 Å². The minimum absolute atomic E-state index is 0.296. The third-order valence-corrected chi connectivity index (χ3v) is 2.15. The molecule has 11 heavy (non-hydrogen) atoms. The van der Waals surface area contributed by atoms with Crippen molar-refractivity contribution in [3.05, 3.63) is 0 Å². The molecular formula is C8H16FNO.